The van der Waals surface area contributed by atoms with Crippen molar-refractivity contribution in [2.75, 3.05) is 14.2 Å². The third kappa shape index (κ3) is 19.8. The lowest BCUT2D eigenvalue weighted by Crippen LogP contribution is -2.35. The summed E-state index contributed by atoms with van der Waals surface area (Å²) in [7, 11) is -17.4. The van der Waals surface area contributed by atoms with Crippen molar-refractivity contribution in [1.82, 2.24) is 10.6 Å². The third-order valence-corrected chi connectivity index (χ3v) is 25.1. The van der Waals surface area contributed by atoms with Crippen molar-refractivity contribution in [1.29, 1.82) is 0 Å². The van der Waals surface area contributed by atoms with Gasteiger partial charge in [-0.2, -0.15) is 33.7 Å². The number of methoxy groups -OCH3 is 2. The molecule has 0 aromatic heterocycles. The van der Waals surface area contributed by atoms with E-state index in [2.05, 4.69) is 74.4 Å². The molecule has 0 saturated heterocycles. The lowest BCUT2D eigenvalue weighted by atomic mass is 9.81. The summed E-state index contributed by atoms with van der Waals surface area (Å²) in [5, 5.41) is 5.61. The Bertz CT molecular complexity index is 5220. The molecule has 2 N–H and O–H groups in total. The van der Waals surface area contributed by atoms with Crippen LogP contribution in [-0.4, -0.2) is 71.6 Å². The maximum atomic E-state index is 15.4. The average molecular weight is 1820 g/mol. The van der Waals surface area contributed by atoms with Gasteiger partial charge >= 0.3 is 52.4 Å². The largest absolute Gasteiger partial charge is 0.467 e. The number of carbonyl (C=O) groups excluding carboxylic acids is 4. The molecule has 0 radical (unpaired) electrons. The van der Waals surface area contributed by atoms with Gasteiger partial charge in [-0.05, 0) is 141 Å². The van der Waals surface area contributed by atoms with Gasteiger partial charge in [-0.1, -0.05) is 214 Å². The highest BCUT2D eigenvalue weighted by Crippen LogP contribution is 2.46. The van der Waals surface area contributed by atoms with Gasteiger partial charge in [0, 0.05) is 88.1 Å². The normalized spacial score (nSPS) is 13.2. The zero-order chi connectivity index (χ0) is 79.4. The number of nitrogens with one attached hydrogen (secondary N) is 2. The molecule has 0 aliphatic heterocycles. The maximum absolute atomic E-state index is 15.4. The molecule has 2 amide bonds. The second-order valence-electron chi connectivity index (χ2n) is 28.1. The van der Waals surface area contributed by atoms with E-state index in [-0.39, 0.29) is 98.2 Å². The standard InChI is InChI=1S/C82H74Br4N2O18S4/c1-81(2,3)61-45-57-41-53-35-49(39-71(89)87-73(79(91)101-7)51-15-11-9-12-16-51)37-55(75(53)103-107(93,94)67-27-19-63(83)20-28-67)43-59-47-62(82(4,5)6)48-60(78(59)106-110(99,100)70-33-25-66(86)26-34-70)44-56-38-50(40-72(90)88-74(80(92)102-8)52-17-13-10-14-18-52)36-54(76(56)104-108(95,96)68-29-21-64(84)22-30-68)42-58(46-61)77(57)105-109(97,98)69-31-23-65(85)24-32-69/h9-38,45-48,73-74H,39-44H2,1-8H3,(H,87,89)(H,88,90)/t73-,74-/m1/s1. The first-order chi connectivity index (χ1) is 51.9. The van der Waals surface area contributed by atoms with Crippen molar-refractivity contribution in [3.8, 4) is 23.0 Å². The average Bonchev–Trinajstić information content (AvgIpc) is 0.766. The number of hydrogen-bond donors (Lipinski definition) is 2. The van der Waals surface area contributed by atoms with E-state index in [1.165, 1.54) is 136 Å². The van der Waals surface area contributed by atoms with Gasteiger partial charge in [0.1, 0.15) is 42.6 Å². The van der Waals surface area contributed by atoms with Crippen LogP contribution in [0.4, 0.5) is 0 Å². The Morgan fingerprint density at radius 1 is 0.345 bits per heavy atom. The molecule has 1 aliphatic rings. The molecule has 0 heterocycles. The molecule has 0 saturated carbocycles. The van der Waals surface area contributed by atoms with Crippen molar-refractivity contribution < 1.29 is 79.1 Å². The van der Waals surface area contributed by atoms with Gasteiger partial charge < -0.3 is 36.8 Å². The van der Waals surface area contributed by atoms with Crippen LogP contribution in [0.5, 0.6) is 23.0 Å². The van der Waals surface area contributed by atoms with Crippen molar-refractivity contribution in [2.24, 2.45) is 0 Å². The minimum atomic E-state index is -4.94. The predicted octanol–water partition coefficient (Wildman–Crippen LogP) is 16.2. The molecule has 110 heavy (non-hydrogen) atoms. The first kappa shape index (κ1) is 82.0. The summed E-state index contributed by atoms with van der Waals surface area (Å²) in [6, 6.07) is 49.3. The van der Waals surface area contributed by atoms with Crippen molar-refractivity contribution in [2.45, 2.75) is 123 Å². The molecule has 1 aliphatic carbocycles. The Morgan fingerprint density at radius 2 is 0.564 bits per heavy atom. The molecule has 10 aromatic carbocycles. The maximum Gasteiger partial charge on any atom is 0.339 e. The fraction of sp³-hybridized carbons (Fsp3) is 0.220. The number of ether oxygens (including phenoxy) is 2. The number of hydrogen-bond acceptors (Lipinski definition) is 18. The highest BCUT2D eigenvalue weighted by molar-refractivity contribution is 9.11. The van der Waals surface area contributed by atoms with Crippen molar-refractivity contribution in [3.63, 3.8) is 0 Å². The fourth-order valence-electron chi connectivity index (χ4n) is 12.4. The second kappa shape index (κ2) is 33.5. The Hall–Kier alpha value is -9.00. The van der Waals surface area contributed by atoms with Crippen LogP contribution in [0.1, 0.15) is 132 Å². The Balaban J connectivity index is 1.28. The van der Waals surface area contributed by atoms with Crippen LogP contribution in [0.25, 0.3) is 0 Å². The zero-order valence-electron chi connectivity index (χ0n) is 60.5. The highest BCUT2D eigenvalue weighted by atomic mass is 79.9. The number of amides is 2. The highest BCUT2D eigenvalue weighted by Gasteiger charge is 2.35. The van der Waals surface area contributed by atoms with Crippen LogP contribution in [0, 0.1) is 0 Å². The molecule has 20 nitrogen and oxygen atoms in total. The summed E-state index contributed by atoms with van der Waals surface area (Å²) in [5.41, 5.74) is 0.700. The van der Waals surface area contributed by atoms with Gasteiger partial charge in [-0.15, -0.1) is 0 Å². The van der Waals surface area contributed by atoms with Crippen LogP contribution in [0.3, 0.4) is 0 Å². The molecular formula is C82H74Br4N2O18S4. The SMILES string of the molecule is COC(=O)[C@H](NC(=O)Cc1cc2c(OS(=O)(=O)c3ccc(Br)cc3)c(c1)Cc1cc(C(C)(C)C)cc(c1OS(=O)(=O)c1ccc(Br)cc1)Cc1cc(CC(=O)N[C@@H](C(=O)OC)c3ccccc3)cc(c1OS(=O)(=O)c1ccc(Br)cc1)Cc1cc(C(C)(C)C)cc(c1OS(=O)(=O)c1ccc(Br)cc1)C2)c1ccccc1. The molecule has 11 rings (SSSR count). The molecule has 2 atom stereocenters. The summed E-state index contributed by atoms with van der Waals surface area (Å²) in [6.45, 7) is 11.3. The first-order valence-corrected chi connectivity index (χ1v) is 42.9. The van der Waals surface area contributed by atoms with Gasteiger partial charge in [-0.25, -0.2) is 9.59 Å². The monoisotopic (exact) mass is 1820 g/mol. The van der Waals surface area contributed by atoms with E-state index in [4.69, 9.17) is 26.2 Å². The molecule has 8 bridgehead atoms. The minimum absolute atomic E-state index is 0.00798. The smallest absolute Gasteiger partial charge is 0.339 e. The summed E-state index contributed by atoms with van der Waals surface area (Å²) in [5.74, 6) is -4.42. The van der Waals surface area contributed by atoms with E-state index >= 15 is 33.7 Å². The van der Waals surface area contributed by atoms with Crippen LogP contribution in [-0.2, 0) is 118 Å². The summed E-state index contributed by atoms with van der Waals surface area (Å²) >= 11 is 13.6. The number of rotatable bonds is 22. The predicted molar refractivity (Wildman–Crippen MR) is 428 cm³/mol. The second-order valence-corrected chi connectivity index (χ2v) is 38.0. The van der Waals surface area contributed by atoms with E-state index in [9.17, 15) is 19.2 Å². The minimum Gasteiger partial charge on any atom is -0.467 e. The Labute approximate surface area is 673 Å². The number of benzene rings is 10. The van der Waals surface area contributed by atoms with Gasteiger partial charge in [0.2, 0.25) is 11.8 Å². The number of esters is 2. The Kier molecular flexibility index (Phi) is 25.0. The molecule has 0 unspecified atom stereocenters. The topological polar surface area (TPSA) is 284 Å². The fourth-order valence-corrected chi connectivity index (χ4v) is 17.5. The van der Waals surface area contributed by atoms with Crippen molar-refractivity contribution in [3.05, 3.63) is 302 Å². The molecule has 0 spiro atoms. The first-order valence-electron chi connectivity index (χ1n) is 34.1. The Morgan fingerprint density at radius 3 is 0.773 bits per heavy atom. The zero-order valence-corrected chi connectivity index (χ0v) is 70.1. The van der Waals surface area contributed by atoms with Crippen LogP contribution in [0.2, 0.25) is 0 Å². The van der Waals surface area contributed by atoms with E-state index in [0.29, 0.717) is 40.1 Å². The van der Waals surface area contributed by atoms with E-state index < -0.39 is 126 Å². The lowest BCUT2D eigenvalue weighted by molar-refractivity contribution is -0.145. The van der Waals surface area contributed by atoms with E-state index in [0.717, 1.165) is 0 Å². The van der Waals surface area contributed by atoms with E-state index in [1.54, 1.807) is 84.9 Å². The number of halogens is 4. The summed E-state index contributed by atoms with van der Waals surface area (Å²) in [4.78, 5) is 55.8. The van der Waals surface area contributed by atoms with Gasteiger partial charge in [0.15, 0.2) is 12.1 Å². The lowest BCUT2D eigenvalue weighted by Gasteiger charge is -2.27. The molecule has 28 heteroatoms. The number of carbonyl (C=O) groups is 4. The van der Waals surface area contributed by atoms with Crippen molar-refractivity contribution >= 4 is 128 Å². The summed E-state index contributed by atoms with van der Waals surface area (Å²) in [6.07, 6.45) is -3.08. The molecule has 10 aromatic rings. The molecule has 572 valence electrons. The third-order valence-electron chi connectivity index (χ3n) is 18.0. The number of fused-ring (bicyclic) bond motifs is 8. The molecular weight excluding hydrogens is 1750 g/mol. The van der Waals surface area contributed by atoms with Gasteiger partial charge in [0.25, 0.3) is 0 Å². The quantitative estimate of drug-likeness (QED) is 0.0471. The van der Waals surface area contributed by atoms with Crippen LogP contribution in [0.15, 0.2) is 244 Å². The van der Waals surface area contributed by atoms with Gasteiger partial charge in [-0.3, -0.25) is 9.59 Å². The van der Waals surface area contributed by atoms with Crippen LogP contribution >= 0.6 is 63.7 Å². The van der Waals surface area contributed by atoms with E-state index in [1.807, 2.05) is 41.5 Å². The summed E-state index contributed by atoms with van der Waals surface area (Å²) < 4.78 is 161. The van der Waals surface area contributed by atoms with Gasteiger partial charge in [0.05, 0.1) is 27.1 Å². The van der Waals surface area contributed by atoms with Crippen LogP contribution < -0.4 is 27.4 Å². The molecule has 0 fully saturated rings.